The molecule has 1 fully saturated rings. The average Bonchev–Trinajstić information content (AvgIpc) is 2.96. The molecule has 0 spiro atoms. The molecule has 0 radical (unpaired) electrons. The second-order valence-corrected chi connectivity index (χ2v) is 9.54. The monoisotopic (exact) mass is 354 g/mol. The van der Waals surface area contributed by atoms with E-state index in [1.807, 2.05) is 24.3 Å². The summed E-state index contributed by atoms with van der Waals surface area (Å²) in [4.78, 5) is 6.81. The summed E-state index contributed by atoms with van der Waals surface area (Å²) in [5.74, 6) is 2.66. The van der Waals surface area contributed by atoms with Gasteiger partial charge in [0.15, 0.2) is 15.0 Å². The number of fused-ring (bicyclic) bond motifs is 1. The minimum Gasteiger partial charge on any atom is -0.497 e. The first kappa shape index (κ1) is 16.6. The lowest BCUT2D eigenvalue weighted by Gasteiger charge is -2.26. The van der Waals surface area contributed by atoms with Crippen LogP contribution in [0.3, 0.4) is 0 Å². The molecule has 3 rings (SSSR count). The Hall–Kier alpha value is -1.21. The van der Waals surface area contributed by atoms with Crippen molar-refractivity contribution in [1.82, 2.24) is 0 Å². The number of hydrogen-bond donors (Lipinski definition) is 0. The Morgan fingerprint density at radius 1 is 1.30 bits per heavy atom. The molecule has 2 aliphatic rings. The zero-order valence-electron chi connectivity index (χ0n) is 13.6. The molecule has 23 heavy (non-hydrogen) atoms. The minimum absolute atomic E-state index is 0.0805. The van der Waals surface area contributed by atoms with E-state index in [1.54, 1.807) is 18.9 Å². The third-order valence-electron chi connectivity index (χ3n) is 4.00. The van der Waals surface area contributed by atoms with Gasteiger partial charge < -0.3 is 9.64 Å². The van der Waals surface area contributed by atoms with Crippen LogP contribution in [-0.2, 0) is 9.84 Å². The van der Waals surface area contributed by atoms with Crippen LogP contribution in [0.2, 0.25) is 0 Å². The van der Waals surface area contributed by atoms with Crippen LogP contribution in [0.1, 0.15) is 13.8 Å². The van der Waals surface area contributed by atoms with Crippen molar-refractivity contribution in [3.63, 3.8) is 0 Å². The van der Waals surface area contributed by atoms with Gasteiger partial charge in [-0.1, -0.05) is 25.6 Å². The number of aliphatic imine (C=N–C) groups is 1. The number of nitrogens with zero attached hydrogens (tertiary/aromatic N) is 2. The number of anilines is 1. The summed E-state index contributed by atoms with van der Waals surface area (Å²) in [6.07, 6.45) is 0. The van der Waals surface area contributed by atoms with E-state index in [0.717, 1.165) is 22.4 Å². The molecule has 2 aliphatic heterocycles. The van der Waals surface area contributed by atoms with Gasteiger partial charge in [-0.3, -0.25) is 4.99 Å². The summed E-state index contributed by atoms with van der Waals surface area (Å²) in [7, 11) is -1.36. The number of benzene rings is 1. The predicted molar refractivity (Wildman–Crippen MR) is 96.4 cm³/mol. The van der Waals surface area contributed by atoms with Crippen molar-refractivity contribution >= 4 is 32.5 Å². The van der Waals surface area contributed by atoms with Crippen LogP contribution >= 0.6 is 11.8 Å². The number of sulfone groups is 1. The van der Waals surface area contributed by atoms with Crippen molar-refractivity contribution in [2.24, 2.45) is 10.9 Å². The molecule has 0 aromatic heterocycles. The fraction of sp³-hybridized carbons (Fsp3) is 0.562. The van der Waals surface area contributed by atoms with Gasteiger partial charge in [0.1, 0.15) is 5.75 Å². The van der Waals surface area contributed by atoms with E-state index in [2.05, 4.69) is 18.7 Å². The van der Waals surface area contributed by atoms with Crippen molar-refractivity contribution < 1.29 is 13.2 Å². The number of ether oxygens (including phenoxy) is 1. The first-order valence-corrected chi connectivity index (χ1v) is 10.5. The third-order valence-corrected chi connectivity index (χ3v) is 7.10. The molecule has 5 nitrogen and oxygen atoms in total. The lowest BCUT2D eigenvalue weighted by Crippen LogP contribution is -2.39. The van der Waals surface area contributed by atoms with Crippen LogP contribution in [0.25, 0.3) is 0 Å². The van der Waals surface area contributed by atoms with E-state index in [0.29, 0.717) is 5.92 Å². The molecule has 0 unspecified atom stereocenters. The quantitative estimate of drug-likeness (QED) is 0.831. The van der Waals surface area contributed by atoms with E-state index in [-0.39, 0.29) is 23.6 Å². The number of hydrogen-bond acceptors (Lipinski definition) is 6. The standard InChI is InChI=1S/C16H22N2O3S2/c1-11(2)8-22-16-17-14-9-23(19,20)10-15(14)18(16)12-4-6-13(21-3)7-5-12/h4-7,11,14-15H,8-10H2,1-3H3/t14-,15+/m0/s1. The predicted octanol–water partition coefficient (Wildman–Crippen LogP) is 2.43. The van der Waals surface area contributed by atoms with Crippen molar-refractivity contribution in [1.29, 1.82) is 0 Å². The molecule has 0 N–H and O–H groups in total. The normalized spacial score (nSPS) is 25.6. The maximum absolute atomic E-state index is 12.0. The molecule has 126 valence electrons. The SMILES string of the molecule is COc1ccc(N2C(SCC(C)C)=N[C@H]3CS(=O)(=O)C[C@H]32)cc1. The van der Waals surface area contributed by atoms with E-state index in [1.165, 1.54) is 0 Å². The van der Waals surface area contributed by atoms with E-state index < -0.39 is 9.84 Å². The van der Waals surface area contributed by atoms with Gasteiger partial charge in [0, 0.05) is 11.4 Å². The molecule has 1 aromatic carbocycles. The lowest BCUT2D eigenvalue weighted by molar-refractivity contribution is 0.415. The summed E-state index contributed by atoms with van der Waals surface area (Å²) >= 11 is 1.71. The fourth-order valence-corrected chi connectivity index (χ4v) is 5.84. The Kier molecular flexibility index (Phi) is 4.60. The topological polar surface area (TPSA) is 59.0 Å². The Morgan fingerprint density at radius 3 is 2.61 bits per heavy atom. The van der Waals surface area contributed by atoms with Gasteiger partial charge >= 0.3 is 0 Å². The molecule has 0 saturated carbocycles. The van der Waals surface area contributed by atoms with Crippen LogP contribution in [0.5, 0.6) is 5.75 Å². The lowest BCUT2D eigenvalue weighted by atomic mass is 10.1. The third kappa shape index (κ3) is 3.50. The van der Waals surface area contributed by atoms with E-state index in [9.17, 15) is 8.42 Å². The minimum atomic E-state index is -3.00. The van der Waals surface area contributed by atoms with Gasteiger partial charge in [-0.25, -0.2) is 8.42 Å². The van der Waals surface area contributed by atoms with Crippen LogP contribution in [0.15, 0.2) is 29.3 Å². The number of thioether (sulfide) groups is 1. The Bertz CT molecular complexity index is 699. The van der Waals surface area contributed by atoms with Gasteiger partial charge in [0.05, 0.1) is 30.7 Å². The van der Waals surface area contributed by atoms with Crippen molar-refractivity contribution in [3.8, 4) is 5.75 Å². The summed E-state index contributed by atoms with van der Waals surface area (Å²) in [5, 5.41) is 0.939. The molecule has 0 aliphatic carbocycles. The van der Waals surface area contributed by atoms with Crippen LogP contribution in [-0.4, -0.2) is 50.0 Å². The van der Waals surface area contributed by atoms with Gasteiger partial charge in [0.2, 0.25) is 0 Å². The van der Waals surface area contributed by atoms with E-state index in [4.69, 9.17) is 9.73 Å². The average molecular weight is 354 g/mol. The van der Waals surface area contributed by atoms with Crippen LogP contribution in [0.4, 0.5) is 5.69 Å². The zero-order valence-corrected chi connectivity index (χ0v) is 15.2. The Balaban J connectivity index is 1.90. The zero-order chi connectivity index (χ0) is 16.6. The van der Waals surface area contributed by atoms with Crippen LogP contribution in [0, 0.1) is 5.92 Å². The van der Waals surface area contributed by atoms with Crippen molar-refractivity contribution in [2.75, 3.05) is 29.3 Å². The van der Waals surface area contributed by atoms with E-state index >= 15 is 0 Å². The van der Waals surface area contributed by atoms with Gasteiger partial charge in [-0.15, -0.1) is 0 Å². The van der Waals surface area contributed by atoms with Gasteiger partial charge in [-0.2, -0.15) is 0 Å². The van der Waals surface area contributed by atoms with Gasteiger partial charge in [-0.05, 0) is 30.2 Å². The highest BCUT2D eigenvalue weighted by atomic mass is 32.2. The number of methoxy groups -OCH3 is 1. The highest BCUT2D eigenvalue weighted by Crippen LogP contribution is 2.36. The highest BCUT2D eigenvalue weighted by molar-refractivity contribution is 8.14. The van der Waals surface area contributed by atoms with Crippen molar-refractivity contribution in [3.05, 3.63) is 24.3 Å². The molecular formula is C16H22N2O3S2. The van der Waals surface area contributed by atoms with Crippen LogP contribution < -0.4 is 9.64 Å². The number of amidine groups is 1. The fourth-order valence-electron chi connectivity index (χ4n) is 2.92. The maximum Gasteiger partial charge on any atom is 0.164 e. The first-order chi connectivity index (χ1) is 10.9. The van der Waals surface area contributed by atoms with Crippen molar-refractivity contribution in [2.45, 2.75) is 25.9 Å². The first-order valence-electron chi connectivity index (χ1n) is 7.74. The summed E-state index contributed by atoms with van der Waals surface area (Å²) < 4.78 is 29.2. The summed E-state index contributed by atoms with van der Waals surface area (Å²) in [6.45, 7) is 4.34. The highest BCUT2D eigenvalue weighted by Gasteiger charge is 2.47. The second kappa shape index (κ2) is 6.36. The Morgan fingerprint density at radius 2 is 2.00 bits per heavy atom. The molecule has 0 amide bonds. The molecular weight excluding hydrogens is 332 g/mol. The summed E-state index contributed by atoms with van der Waals surface area (Å²) in [5.41, 5.74) is 0.977. The number of rotatable bonds is 4. The smallest absolute Gasteiger partial charge is 0.164 e. The molecule has 1 saturated heterocycles. The maximum atomic E-state index is 12.0. The molecule has 2 atom stereocenters. The van der Waals surface area contributed by atoms with Gasteiger partial charge in [0.25, 0.3) is 0 Å². The molecule has 0 bridgehead atoms. The second-order valence-electron chi connectivity index (χ2n) is 6.40. The largest absolute Gasteiger partial charge is 0.497 e. The Labute approximate surface area is 142 Å². The molecule has 2 heterocycles. The molecule has 1 aromatic rings. The molecule has 7 heteroatoms. The summed E-state index contributed by atoms with van der Waals surface area (Å²) in [6, 6.07) is 7.52.